The van der Waals surface area contributed by atoms with Crippen LogP contribution < -0.4 is 0 Å². The average Bonchev–Trinajstić information content (AvgIpc) is 2.95. The largest absolute Gasteiger partial charge is 0.508 e. The van der Waals surface area contributed by atoms with E-state index in [1.807, 2.05) is 42.5 Å². The lowest BCUT2D eigenvalue weighted by Crippen LogP contribution is -1.98. The van der Waals surface area contributed by atoms with Crippen LogP contribution in [0.3, 0.4) is 0 Å². The quantitative estimate of drug-likeness (QED) is 0.746. The van der Waals surface area contributed by atoms with Crippen LogP contribution in [0.25, 0.3) is 5.69 Å². The highest BCUT2D eigenvalue weighted by molar-refractivity contribution is 7.98. The number of hydrogen-bond acceptors (Lipinski definition) is 5. The molecule has 3 rings (SSSR count). The van der Waals surface area contributed by atoms with E-state index in [2.05, 4.69) is 15.5 Å². The lowest BCUT2D eigenvalue weighted by Gasteiger charge is -2.04. The minimum Gasteiger partial charge on any atom is -0.508 e. The average molecular weight is 284 g/mol. The molecule has 0 spiro atoms. The summed E-state index contributed by atoms with van der Waals surface area (Å²) in [6.45, 7) is 0. The van der Waals surface area contributed by atoms with Crippen LogP contribution in [-0.4, -0.2) is 25.3 Å². The normalized spacial score (nSPS) is 10.6. The Morgan fingerprint density at radius 3 is 2.70 bits per heavy atom. The minimum atomic E-state index is 0.269. The molecule has 0 aliphatic rings. The van der Waals surface area contributed by atoms with Gasteiger partial charge >= 0.3 is 0 Å². The minimum absolute atomic E-state index is 0.269. The van der Waals surface area contributed by atoms with Crippen molar-refractivity contribution in [2.75, 3.05) is 0 Å². The van der Waals surface area contributed by atoms with E-state index in [4.69, 9.17) is 0 Å². The van der Waals surface area contributed by atoms with Gasteiger partial charge in [0.1, 0.15) is 5.75 Å². The molecule has 0 saturated carbocycles. The summed E-state index contributed by atoms with van der Waals surface area (Å²) in [5.41, 5.74) is 1.95. The lowest BCUT2D eigenvalue weighted by molar-refractivity contribution is 0.475. The maximum Gasteiger partial charge on any atom is 0.214 e. The zero-order valence-electron chi connectivity index (χ0n) is 10.5. The Hall–Kier alpha value is -2.34. The van der Waals surface area contributed by atoms with Crippen molar-refractivity contribution in [2.45, 2.75) is 10.9 Å². The van der Waals surface area contributed by atoms with Crippen molar-refractivity contribution in [2.24, 2.45) is 0 Å². The van der Waals surface area contributed by atoms with Crippen molar-refractivity contribution in [3.63, 3.8) is 0 Å². The number of aromatic nitrogens is 4. The fraction of sp³-hybridized carbons (Fsp3) is 0.0714. The molecule has 1 N–H and O–H groups in total. The number of thioether (sulfide) groups is 1. The molecule has 0 atom stereocenters. The van der Waals surface area contributed by atoms with Gasteiger partial charge < -0.3 is 5.11 Å². The first kappa shape index (κ1) is 12.7. The SMILES string of the molecule is Oc1cccc(CSc2nnnn2-c2ccccc2)c1. The molecule has 0 bridgehead atoms. The Balaban J connectivity index is 1.78. The standard InChI is InChI=1S/C14H12N4OS/c19-13-8-4-5-11(9-13)10-20-14-15-16-17-18(14)12-6-2-1-3-7-12/h1-9,19H,10H2. The third kappa shape index (κ3) is 2.80. The molecule has 0 fully saturated rings. The number of phenols is 1. The Bertz CT molecular complexity index is 699. The molecule has 0 saturated heterocycles. The third-order valence-electron chi connectivity index (χ3n) is 2.72. The molecule has 5 nitrogen and oxygen atoms in total. The highest BCUT2D eigenvalue weighted by Crippen LogP contribution is 2.23. The van der Waals surface area contributed by atoms with Crippen LogP contribution in [-0.2, 0) is 5.75 Å². The second kappa shape index (κ2) is 5.75. The summed E-state index contributed by atoms with van der Waals surface area (Å²) in [6, 6.07) is 16.9. The third-order valence-corrected chi connectivity index (χ3v) is 3.71. The first-order chi connectivity index (χ1) is 9.83. The van der Waals surface area contributed by atoms with E-state index in [-0.39, 0.29) is 5.75 Å². The van der Waals surface area contributed by atoms with E-state index in [9.17, 15) is 5.11 Å². The number of para-hydroxylation sites is 1. The van der Waals surface area contributed by atoms with Crippen molar-refractivity contribution in [1.82, 2.24) is 20.2 Å². The van der Waals surface area contributed by atoms with Gasteiger partial charge in [0.15, 0.2) is 0 Å². The Kier molecular flexibility index (Phi) is 3.64. The van der Waals surface area contributed by atoms with Crippen molar-refractivity contribution >= 4 is 11.8 Å². The molecule has 0 unspecified atom stereocenters. The van der Waals surface area contributed by atoms with Crippen molar-refractivity contribution in [1.29, 1.82) is 0 Å². The molecule has 1 heterocycles. The second-order valence-corrected chi connectivity index (χ2v) is 5.11. The zero-order valence-corrected chi connectivity index (χ0v) is 11.4. The maximum atomic E-state index is 9.45. The number of benzene rings is 2. The molecular weight excluding hydrogens is 272 g/mol. The Labute approximate surface area is 120 Å². The van der Waals surface area contributed by atoms with Gasteiger partial charge in [-0.2, -0.15) is 4.68 Å². The summed E-state index contributed by atoms with van der Waals surface area (Å²) in [7, 11) is 0. The molecule has 6 heteroatoms. The molecule has 0 aliphatic carbocycles. The number of hydrogen-bond donors (Lipinski definition) is 1. The summed E-state index contributed by atoms with van der Waals surface area (Å²) in [6.07, 6.45) is 0. The topological polar surface area (TPSA) is 63.8 Å². The van der Waals surface area contributed by atoms with Gasteiger partial charge in [-0.3, -0.25) is 0 Å². The van der Waals surface area contributed by atoms with E-state index in [0.29, 0.717) is 5.75 Å². The maximum absolute atomic E-state index is 9.45. The van der Waals surface area contributed by atoms with E-state index in [1.165, 1.54) is 11.8 Å². The van der Waals surface area contributed by atoms with Gasteiger partial charge in [0.25, 0.3) is 0 Å². The number of aromatic hydroxyl groups is 1. The fourth-order valence-electron chi connectivity index (χ4n) is 1.79. The lowest BCUT2D eigenvalue weighted by atomic mass is 10.2. The Morgan fingerprint density at radius 2 is 1.90 bits per heavy atom. The van der Waals surface area contributed by atoms with Crippen LogP contribution in [0, 0.1) is 0 Å². The molecule has 2 aromatic carbocycles. The highest BCUT2D eigenvalue weighted by atomic mass is 32.2. The van der Waals surface area contributed by atoms with Gasteiger partial charge in [-0.25, -0.2) is 0 Å². The van der Waals surface area contributed by atoms with Crippen molar-refractivity contribution in [3.8, 4) is 11.4 Å². The molecule has 3 aromatic rings. The van der Waals surface area contributed by atoms with Crippen LogP contribution in [0.15, 0.2) is 59.8 Å². The van der Waals surface area contributed by atoms with E-state index >= 15 is 0 Å². The zero-order chi connectivity index (χ0) is 13.8. The summed E-state index contributed by atoms with van der Waals surface area (Å²) >= 11 is 1.53. The molecule has 0 amide bonds. The monoisotopic (exact) mass is 284 g/mol. The van der Waals surface area contributed by atoms with Crippen LogP contribution in [0.5, 0.6) is 5.75 Å². The van der Waals surface area contributed by atoms with Crippen LogP contribution >= 0.6 is 11.8 Å². The molecule has 0 aliphatic heterocycles. The first-order valence-corrected chi connectivity index (χ1v) is 7.06. The fourth-order valence-corrected chi connectivity index (χ4v) is 2.63. The summed E-state index contributed by atoms with van der Waals surface area (Å²) in [5.74, 6) is 0.965. The summed E-state index contributed by atoms with van der Waals surface area (Å²) < 4.78 is 1.70. The Morgan fingerprint density at radius 1 is 1.05 bits per heavy atom. The van der Waals surface area contributed by atoms with Gasteiger partial charge in [-0.15, -0.1) is 5.10 Å². The van der Waals surface area contributed by atoms with E-state index in [1.54, 1.807) is 16.8 Å². The van der Waals surface area contributed by atoms with Crippen LogP contribution in [0.2, 0.25) is 0 Å². The summed E-state index contributed by atoms with van der Waals surface area (Å²) in [5, 5.41) is 21.9. The molecule has 1 aromatic heterocycles. The van der Waals surface area contributed by atoms with E-state index in [0.717, 1.165) is 16.4 Å². The van der Waals surface area contributed by atoms with Crippen molar-refractivity contribution in [3.05, 3.63) is 60.2 Å². The highest BCUT2D eigenvalue weighted by Gasteiger charge is 2.08. The van der Waals surface area contributed by atoms with Crippen LogP contribution in [0.1, 0.15) is 5.56 Å². The van der Waals surface area contributed by atoms with Crippen molar-refractivity contribution < 1.29 is 5.11 Å². The summed E-state index contributed by atoms with van der Waals surface area (Å²) in [4.78, 5) is 0. The smallest absolute Gasteiger partial charge is 0.214 e. The molecule has 20 heavy (non-hydrogen) atoms. The number of tetrazole rings is 1. The van der Waals surface area contributed by atoms with Gasteiger partial charge in [0.05, 0.1) is 5.69 Å². The predicted molar refractivity (Wildman–Crippen MR) is 76.8 cm³/mol. The first-order valence-electron chi connectivity index (χ1n) is 6.07. The van der Waals surface area contributed by atoms with Crippen LogP contribution in [0.4, 0.5) is 0 Å². The molecule has 100 valence electrons. The predicted octanol–water partition coefficient (Wildman–Crippen LogP) is 2.66. The number of nitrogens with zero attached hydrogens (tertiary/aromatic N) is 4. The number of phenolic OH excluding ortho intramolecular Hbond substituents is 1. The second-order valence-electron chi connectivity index (χ2n) is 4.17. The van der Waals surface area contributed by atoms with Gasteiger partial charge in [0.2, 0.25) is 5.16 Å². The molecule has 0 radical (unpaired) electrons. The van der Waals surface area contributed by atoms with Gasteiger partial charge in [0, 0.05) is 5.75 Å². The number of rotatable bonds is 4. The molecular formula is C14H12N4OS. The van der Waals surface area contributed by atoms with Gasteiger partial charge in [-0.1, -0.05) is 42.1 Å². The van der Waals surface area contributed by atoms with E-state index < -0.39 is 0 Å². The van der Waals surface area contributed by atoms with Gasteiger partial charge in [-0.05, 0) is 40.3 Å².